The fourth-order valence-electron chi connectivity index (χ4n) is 3.55. The molecule has 33 heavy (non-hydrogen) atoms. The molecule has 0 aliphatic carbocycles. The molecule has 0 aliphatic heterocycles. The predicted molar refractivity (Wildman–Crippen MR) is 128 cm³/mol. The van der Waals surface area contributed by atoms with Crippen LogP contribution in [0.1, 0.15) is 27.2 Å². The van der Waals surface area contributed by atoms with Gasteiger partial charge in [-0.25, -0.2) is 4.68 Å². The maximum absolute atomic E-state index is 13.1. The molecule has 0 atom stereocenters. The summed E-state index contributed by atoms with van der Waals surface area (Å²) in [6.07, 6.45) is 0.711. The smallest absolute Gasteiger partial charge is 0.270 e. The van der Waals surface area contributed by atoms with Gasteiger partial charge in [-0.15, -0.1) is 0 Å². The lowest BCUT2D eigenvalue weighted by molar-refractivity contribution is -0.384. The highest BCUT2D eigenvalue weighted by molar-refractivity contribution is 5.94. The second-order valence-corrected chi connectivity index (χ2v) is 7.89. The minimum absolute atomic E-state index is 0.0193. The monoisotopic (exact) mass is 440 g/mol. The lowest BCUT2D eigenvalue weighted by Crippen LogP contribution is -2.27. The number of aryl methyl sites for hydroxylation is 2. The number of nitro benzene ring substituents is 1. The van der Waals surface area contributed by atoms with E-state index in [9.17, 15) is 14.9 Å². The van der Waals surface area contributed by atoms with Crippen molar-refractivity contribution in [2.24, 2.45) is 0 Å². The van der Waals surface area contributed by atoms with E-state index in [0.717, 1.165) is 16.7 Å². The van der Waals surface area contributed by atoms with E-state index >= 15 is 0 Å². The lowest BCUT2D eigenvalue weighted by atomic mass is 10.0. The number of aromatic nitrogens is 2. The molecule has 7 nitrogen and oxygen atoms in total. The van der Waals surface area contributed by atoms with Gasteiger partial charge in [-0.2, -0.15) is 5.10 Å². The van der Waals surface area contributed by atoms with Crippen LogP contribution in [0.5, 0.6) is 0 Å². The Morgan fingerprint density at radius 3 is 2.36 bits per heavy atom. The third-order valence-corrected chi connectivity index (χ3v) is 5.59. The fourth-order valence-corrected chi connectivity index (χ4v) is 3.55. The van der Waals surface area contributed by atoms with Crippen LogP contribution < -0.4 is 5.32 Å². The van der Waals surface area contributed by atoms with E-state index < -0.39 is 4.92 Å². The fraction of sp³-hybridized carbons (Fsp3) is 0.154. The van der Waals surface area contributed by atoms with Gasteiger partial charge in [-0.1, -0.05) is 42.5 Å². The summed E-state index contributed by atoms with van der Waals surface area (Å²) >= 11 is 0. The molecular formula is C26H24N4O3. The largest absolute Gasteiger partial charge is 0.350 e. The van der Waals surface area contributed by atoms with Gasteiger partial charge in [0.1, 0.15) is 5.69 Å². The number of hydrogen-bond acceptors (Lipinski definition) is 4. The first-order valence-corrected chi connectivity index (χ1v) is 10.7. The van der Waals surface area contributed by atoms with Gasteiger partial charge in [0.05, 0.1) is 16.3 Å². The quantitative estimate of drug-likeness (QED) is 0.322. The average molecular weight is 441 g/mol. The summed E-state index contributed by atoms with van der Waals surface area (Å²) in [6, 6.07) is 23.7. The molecule has 3 aromatic carbocycles. The zero-order valence-electron chi connectivity index (χ0n) is 18.5. The highest BCUT2D eigenvalue weighted by Gasteiger charge is 2.18. The van der Waals surface area contributed by atoms with Gasteiger partial charge in [-0.05, 0) is 61.2 Å². The van der Waals surface area contributed by atoms with Gasteiger partial charge >= 0.3 is 0 Å². The van der Waals surface area contributed by atoms with Crippen molar-refractivity contribution in [1.82, 2.24) is 15.1 Å². The molecule has 4 aromatic rings. The Hall–Kier alpha value is -4.26. The Bertz CT molecular complexity index is 1300. The van der Waals surface area contributed by atoms with Crippen molar-refractivity contribution in [3.8, 4) is 16.9 Å². The summed E-state index contributed by atoms with van der Waals surface area (Å²) in [4.78, 5) is 23.7. The molecule has 0 saturated heterocycles. The standard InChI is InChI=1S/C26H24N4O3/c1-18-8-9-21(16-19(18)2)24-17-25(26(31)27-15-14-20-6-4-3-5-7-20)29(28-24)22-10-12-23(13-11-22)30(32)33/h3-13,16-17H,14-15H2,1-2H3,(H,27,31). The number of hydrogen-bond donors (Lipinski definition) is 1. The van der Waals surface area contributed by atoms with Crippen LogP contribution in [-0.2, 0) is 6.42 Å². The number of carbonyl (C=O) groups excluding carboxylic acids is 1. The SMILES string of the molecule is Cc1ccc(-c2cc(C(=O)NCCc3ccccc3)n(-c3ccc([N+](=O)[O-])cc3)n2)cc1C. The van der Waals surface area contributed by atoms with Crippen LogP contribution in [-0.4, -0.2) is 27.2 Å². The third-order valence-electron chi connectivity index (χ3n) is 5.59. The molecular weight excluding hydrogens is 416 g/mol. The molecule has 166 valence electrons. The summed E-state index contributed by atoms with van der Waals surface area (Å²) in [5.74, 6) is -0.258. The second-order valence-electron chi connectivity index (χ2n) is 7.89. The molecule has 0 bridgehead atoms. The minimum atomic E-state index is -0.454. The van der Waals surface area contributed by atoms with E-state index in [2.05, 4.69) is 10.4 Å². The van der Waals surface area contributed by atoms with E-state index in [1.165, 1.54) is 22.4 Å². The maximum atomic E-state index is 13.1. The van der Waals surface area contributed by atoms with E-state index in [-0.39, 0.29) is 11.6 Å². The molecule has 1 heterocycles. The summed E-state index contributed by atoms with van der Waals surface area (Å²) < 4.78 is 1.53. The Labute approximate surface area is 191 Å². The predicted octanol–water partition coefficient (Wildman–Crippen LogP) is 5.04. The van der Waals surface area contributed by atoms with Crippen LogP contribution in [0.4, 0.5) is 5.69 Å². The number of amides is 1. The molecule has 7 heteroatoms. The number of non-ortho nitro benzene ring substituents is 1. The maximum Gasteiger partial charge on any atom is 0.270 e. The topological polar surface area (TPSA) is 90.1 Å². The van der Waals surface area contributed by atoms with Crippen molar-refractivity contribution in [3.63, 3.8) is 0 Å². The first-order valence-electron chi connectivity index (χ1n) is 10.7. The molecule has 0 aliphatic rings. The molecule has 0 radical (unpaired) electrons. The van der Waals surface area contributed by atoms with Gasteiger partial charge in [-0.3, -0.25) is 14.9 Å². The van der Waals surface area contributed by atoms with Crippen LogP contribution in [0.25, 0.3) is 16.9 Å². The van der Waals surface area contributed by atoms with Crippen molar-refractivity contribution in [2.75, 3.05) is 6.54 Å². The summed E-state index contributed by atoms with van der Waals surface area (Å²) in [5.41, 5.74) is 5.92. The Morgan fingerprint density at radius 2 is 1.70 bits per heavy atom. The molecule has 0 unspecified atom stereocenters. The zero-order valence-corrected chi connectivity index (χ0v) is 18.5. The third kappa shape index (κ3) is 4.98. The minimum Gasteiger partial charge on any atom is -0.350 e. The van der Waals surface area contributed by atoms with Gasteiger partial charge < -0.3 is 5.32 Å². The number of nitro groups is 1. The van der Waals surface area contributed by atoms with Gasteiger partial charge in [0.2, 0.25) is 0 Å². The first kappa shape index (κ1) is 22.0. The summed E-state index contributed by atoms with van der Waals surface area (Å²) in [6.45, 7) is 4.55. The zero-order chi connectivity index (χ0) is 23.4. The number of carbonyl (C=O) groups is 1. The van der Waals surface area contributed by atoms with E-state index in [1.807, 2.05) is 62.4 Å². The highest BCUT2D eigenvalue weighted by Crippen LogP contribution is 2.25. The number of nitrogens with one attached hydrogen (secondary N) is 1. The normalized spacial score (nSPS) is 10.7. The van der Waals surface area contributed by atoms with Crippen molar-refractivity contribution < 1.29 is 9.72 Å². The number of nitrogens with zero attached hydrogens (tertiary/aromatic N) is 3. The highest BCUT2D eigenvalue weighted by atomic mass is 16.6. The molecule has 0 spiro atoms. The van der Waals surface area contributed by atoms with E-state index in [1.54, 1.807) is 18.2 Å². The second kappa shape index (κ2) is 9.48. The average Bonchev–Trinajstić information content (AvgIpc) is 3.27. The van der Waals surface area contributed by atoms with Crippen LogP contribution in [0.2, 0.25) is 0 Å². The number of rotatable bonds is 7. The van der Waals surface area contributed by atoms with Crippen molar-refractivity contribution in [1.29, 1.82) is 0 Å². The first-order chi connectivity index (χ1) is 15.9. The van der Waals surface area contributed by atoms with Crippen LogP contribution in [0.3, 0.4) is 0 Å². The Balaban J connectivity index is 1.65. The number of benzene rings is 3. The van der Waals surface area contributed by atoms with E-state index in [4.69, 9.17) is 0 Å². The summed E-state index contributed by atoms with van der Waals surface area (Å²) in [7, 11) is 0. The molecule has 1 amide bonds. The van der Waals surface area contributed by atoms with Crippen molar-refractivity contribution >= 4 is 11.6 Å². The van der Waals surface area contributed by atoms with E-state index in [0.29, 0.717) is 30.0 Å². The van der Waals surface area contributed by atoms with Crippen LogP contribution in [0, 0.1) is 24.0 Å². The summed E-state index contributed by atoms with van der Waals surface area (Å²) in [5, 5.41) is 18.7. The van der Waals surface area contributed by atoms with Crippen LogP contribution in [0.15, 0.2) is 78.9 Å². The molecule has 1 aromatic heterocycles. The molecule has 1 N–H and O–H groups in total. The lowest BCUT2D eigenvalue weighted by Gasteiger charge is -2.08. The van der Waals surface area contributed by atoms with Crippen molar-refractivity contribution in [2.45, 2.75) is 20.3 Å². The van der Waals surface area contributed by atoms with Gasteiger partial charge in [0.25, 0.3) is 11.6 Å². The molecule has 0 fully saturated rings. The van der Waals surface area contributed by atoms with Gasteiger partial charge in [0.15, 0.2) is 0 Å². The van der Waals surface area contributed by atoms with Crippen molar-refractivity contribution in [3.05, 3.63) is 111 Å². The Kier molecular flexibility index (Phi) is 6.31. The Morgan fingerprint density at radius 1 is 0.970 bits per heavy atom. The van der Waals surface area contributed by atoms with Crippen LogP contribution >= 0.6 is 0 Å². The molecule has 0 saturated carbocycles. The van der Waals surface area contributed by atoms with Gasteiger partial charge in [0, 0.05) is 24.2 Å². The molecule has 4 rings (SSSR count).